The van der Waals surface area contributed by atoms with Crippen LogP contribution in [0.2, 0.25) is 0 Å². The van der Waals surface area contributed by atoms with Crippen molar-refractivity contribution in [2.75, 3.05) is 0 Å². The van der Waals surface area contributed by atoms with Gasteiger partial charge in [-0.05, 0) is 138 Å². The van der Waals surface area contributed by atoms with Gasteiger partial charge >= 0.3 is 0 Å². The zero-order valence-corrected chi connectivity index (χ0v) is 40.0. The number of fused-ring (bicyclic) bond motifs is 10. The average molecular weight is 902 g/mol. The number of hydrogen-bond acceptors (Lipinski definition) is 7. The van der Waals surface area contributed by atoms with Gasteiger partial charge in [0.25, 0.3) is 0 Å². The molecule has 0 fully saturated rings. The second-order valence-electron chi connectivity index (χ2n) is 18.8. The van der Waals surface area contributed by atoms with Gasteiger partial charge in [0.15, 0.2) is 23.3 Å². The third-order valence-electron chi connectivity index (χ3n) is 14.1. The molecule has 9 aromatic rings. The predicted molar refractivity (Wildman–Crippen MR) is 284 cm³/mol. The summed E-state index contributed by atoms with van der Waals surface area (Å²) in [6.45, 7) is 13.7. The standard InChI is InChI=1S/C60H47N5S2/c1-7-8-18-35(2)55-61-49(36-19-10-9-11-20-36)27-28-50(62-55)41-31-47-53(39-23-14-12-21-37(39)41)43-33-46-44(34-45(43)59(47,3)4)54-40-24-15-13-22-38(40)42(32-48(54)60(46,5)6)56-63-57(51-25-16-29-66-51)65-58(64-56)52-26-17-30-67-52/h7-27,29-34H,28H2,1-6H3. The number of thiophene rings is 2. The molecule has 0 saturated carbocycles. The summed E-state index contributed by atoms with van der Waals surface area (Å²) in [7, 11) is 0. The number of rotatable bonds is 7. The minimum Gasteiger partial charge on any atom is -0.232 e. The third-order valence-corrected chi connectivity index (χ3v) is 15.8. The summed E-state index contributed by atoms with van der Waals surface area (Å²) in [4.78, 5) is 28.1. The van der Waals surface area contributed by atoms with Crippen LogP contribution in [-0.4, -0.2) is 26.5 Å². The molecule has 3 aromatic heterocycles. The number of allylic oxidation sites excluding steroid dienone is 4. The summed E-state index contributed by atoms with van der Waals surface area (Å²) < 4.78 is 0. The molecule has 0 bridgehead atoms. The van der Waals surface area contributed by atoms with Gasteiger partial charge in [-0.2, -0.15) is 0 Å². The Morgan fingerprint density at radius 3 is 1.60 bits per heavy atom. The smallest absolute Gasteiger partial charge is 0.174 e. The van der Waals surface area contributed by atoms with E-state index in [0.717, 1.165) is 54.6 Å². The van der Waals surface area contributed by atoms with E-state index >= 15 is 0 Å². The van der Waals surface area contributed by atoms with Gasteiger partial charge in [0.1, 0.15) is 0 Å². The molecule has 4 heterocycles. The monoisotopic (exact) mass is 901 g/mol. The van der Waals surface area contributed by atoms with Crippen LogP contribution in [0.1, 0.15) is 81.3 Å². The van der Waals surface area contributed by atoms with E-state index < -0.39 is 0 Å². The van der Waals surface area contributed by atoms with E-state index in [1.807, 2.05) is 13.0 Å². The fourth-order valence-corrected chi connectivity index (χ4v) is 11.9. The van der Waals surface area contributed by atoms with Crippen molar-refractivity contribution in [1.29, 1.82) is 0 Å². The molecule has 67 heavy (non-hydrogen) atoms. The van der Waals surface area contributed by atoms with Gasteiger partial charge in [0.05, 0.1) is 21.2 Å². The Hall–Kier alpha value is -7.19. The molecule has 0 atom stereocenters. The van der Waals surface area contributed by atoms with Crippen LogP contribution in [0.3, 0.4) is 0 Å². The van der Waals surface area contributed by atoms with Crippen LogP contribution in [0.15, 0.2) is 178 Å². The van der Waals surface area contributed by atoms with E-state index in [4.69, 9.17) is 24.9 Å². The van der Waals surface area contributed by atoms with Crippen molar-refractivity contribution in [2.45, 2.75) is 58.8 Å². The highest BCUT2D eigenvalue weighted by atomic mass is 32.1. The summed E-state index contributed by atoms with van der Waals surface area (Å²) in [5.41, 5.74) is 16.2. The highest BCUT2D eigenvalue weighted by Crippen LogP contribution is 2.59. The third kappa shape index (κ3) is 6.58. The van der Waals surface area contributed by atoms with Crippen molar-refractivity contribution >= 4 is 61.5 Å². The SMILES string of the molecule is CC=CC=C(C)C1=NC(c2ccccc2)=CCC(c2cc3c(c4ccccc24)-c2cc4c(cc2C3(C)C)-c2c(cc(-c3nc(-c5cccs5)nc(-c5cccs5)n3)c3ccccc23)C4(C)C)=N1. The van der Waals surface area contributed by atoms with Crippen molar-refractivity contribution in [1.82, 2.24) is 15.0 Å². The van der Waals surface area contributed by atoms with Crippen molar-refractivity contribution in [3.63, 3.8) is 0 Å². The molecule has 0 saturated heterocycles. The Kier molecular flexibility index (Phi) is 9.68. The molecule has 0 unspecified atom stereocenters. The molecule has 1 aliphatic heterocycles. The van der Waals surface area contributed by atoms with Gasteiger partial charge < -0.3 is 0 Å². The number of hydrogen-bond donors (Lipinski definition) is 0. The van der Waals surface area contributed by atoms with E-state index in [1.54, 1.807) is 22.7 Å². The molecule has 324 valence electrons. The fraction of sp³-hybridized carbons (Fsp3) is 0.150. The summed E-state index contributed by atoms with van der Waals surface area (Å²) in [6, 6.07) is 46.4. The number of benzene rings is 6. The van der Waals surface area contributed by atoms with E-state index in [-0.39, 0.29) is 10.8 Å². The van der Waals surface area contributed by atoms with Gasteiger partial charge in [0.2, 0.25) is 0 Å². The predicted octanol–water partition coefficient (Wildman–Crippen LogP) is 16.1. The van der Waals surface area contributed by atoms with Gasteiger partial charge in [-0.3, -0.25) is 0 Å². The second kappa shape index (κ2) is 15.7. The summed E-state index contributed by atoms with van der Waals surface area (Å²) >= 11 is 3.30. The van der Waals surface area contributed by atoms with Crippen LogP contribution in [-0.2, 0) is 10.8 Å². The van der Waals surface area contributed by atoms with E-state index in [1.165, 1.54) is 60.7 Å². The zero-order chi connectivity index (χ0) is 45.6. The summed E-state index contributed by atoms with van der Waals surface area (Å²) in [5, 5.41) is 8.96. The molecule has 5 nitrogen and oxygen atoms in total. The molecular weight excluding hydrogens is 855 g/mol. The molecule has 0 radical (unpaired) electrons. The van der Waals surface area contributed by atoms with Crippen LogP contribution in [0, 0.1) is 0 Å². The first-order valence-corrected chi connectivity index (χ1v) is 24.7. The Morgan fingerprint density at radius 2 is 1.04 bits per heavy atom. The Bertz CT molecular complexity index is 3610. The van der Waals surface area contributed by atoms with Gasteiger partial charge in [-0.1, -0.05) is 143 Å². The maximum Gasteiger partial charge on any atom is 0.174 e. The van der Waals surface area contributed by atoms with Crippen molar-refractivity contribution in [2.24, 2.45) is 9.98 Å². The number of aromatic nitrogens is 3. The second-order valence-corrected chi connectivity index (χ2v) is 20.7. The largest absolute Gasteiger partial charge is 0.232 e. The summed E-state index contributed by atoms with van der Waals surface area (Å²) in [6.07, 6.45) is 9.12. The highest BCUT2D eigenvalue weighted by Gasteiger charge is 2.44. The molecule has 2 aliphatic carbocycles. The lowest BCUT2D eigenvalue weighted by Gasteiger charge is -2.24. The zero-order valence-electron chi connectivity index (χ0n) is 38.3. The van der Waals surface area contributed by atoms with Crippen LogP contribution in [0.4, 0.5) is 0 Å². The van der Waals surface area contributed by atoms with E-state index in [9.17, 15) is 0 Å². The van der Waals surface area contributed by atoms with Gasteiger partial charge in [0, 0.05) is 28.4 Å². The number of nitrogens with zero attached hydrogens (tertiary/aromatic N) is 5. The number of aliphatic imine (C=N–C) groups is 2. The Labute approximate surface area is 399 Å². The lowest BCUT2D eigenvalue weighted by molar-refractivity contribution is 0.652. The summed E-state index contributed by atoms with van der Waals surface area (Å²) in [5.74, 6) is 2.84. The Morgan fingerprint density at radius 1 is 0.537 bits per heavy atom. The van der Waals surface area contributed by atoms with E-state index in [0.29, 0.717) is 23.9 Å². The lowest BCUT2D eigenvalue weighted by Crippen LogP contribution is -2.17. The highest BCUT2D eigenvalue weighted by molar-refractivity contribution is 7.13. The number of amidine groups is 1. The molecule has 0 amide bonds. The lowest BCUT2D eigenvalue weighted by atomic mass is 9.78. The molecule has 0 N–H and O–H groups in total. The van der Waals surface area contributed by atoms with Crippen molar-refractivity contribution in [3.05, 3.63) is 201 Å². The topological polar surface area (TPSA) is 63.4 Å². The van der Waals surface area contributed by atoms with Crippen molar-refractivity contribution in [3.8, 4) is 55.0 Å². The first-order chi connectivity index (χ1) is 32.6. The van der Waals surface area contributed by atoms with Crippen LogP contribution in [0.25, 0.3) is 82.3 Å². The fourth-order valence-electron chi connectivity index (χ4n) is 10.6. The Balaban J connectivity index is 1.03. The average Bonchev–Trinajstić information content (AvgIpc) is 4.15. The quantitative estimate of drug-likeness (QED) is 0.150. The normalized spacial score (nSPS) is 15.8. The maximum atomic E-state index is 5.44. The molecule has 7 heteroatoms. The van der Waals surface area contributed by atoms with E-state index in [2.05, 4.69) is 191 Å². The molecular formula is C60H47N5S2. The molecule has 0 spiro atoms. The van der Waals surface area contributed by atoms with Crippen LogP contribution < -0.4 is 0 Å². The first kappa shape index (κ1) is 41.3. The molecule has 6 aromatic carbocycles. The van der Waals surface area contributed by atoms with Gasteiger partial charge in [-0.25, -0.2) is 24.9 Å². The van der Waals surface area contributed by atoms with Crippen LogP contribution in [0.5, 0.6) is 0 Å². The van der Waals surface area contributed by atoms with Crippen LogP contribution >= 0.6 is 22.7 Å². The minimum atomic E-state index is -0.312. The molecule has 3 aliphatic rings. The van der Waals surface area contributed by atoms with Crippen molar-refractivity contribution < 1.29 is 0 Å². The minimum absolute atomic E-state index is 0.294. The molecule has 12 rings (SSSR count). The maximum absolute atomic E-state index is 5.44. The first-order valence-electron chi connectivity index (χ1n) is 23.0. The van der Waals surface area contributed by atoms with Gasteiger partial charge in [-0.15, -0.1) is 22.7 Å².